The lowest BCUT2D eigenvalue weighted by Gasteiger charge is -2.15. The standard InChI is InChI=1S/C16H16Br2O2/c1-10-6-12(8-13(17)7-10)16(18)11-4-5-14(19-2)15(9-11)20-3/h4-9,16H,1-3H3. The van der Waals surface area contributed by atoms with Gasteiger partial charge in [0.25, 0.3) is 0 Å². The number of rotatable bonds is 4. The van der Waals surface area contributed by atoms with Gasteiger partial charge in [-0.25, -0.2) is 0 Å². The minimum absolute atomic E-state index is 0.110. The lowest BCUT2D eigenvalue weighted by molar-refractivity contribution is 0.354. The van der Waals surface area contributed by atoms with Crippen molar-refractivity contribution in [3.05, 3.63) is 57.6 Å². The van der Waals surface area contributed by atoms with Crippen LogP contribution in [-0.4, -0.2) is 14.2 Å². The third kappa shape index (κ3) is 3.36. The Morgan fingerprint density at radius 2 is 1.60 bits per heavy atom. The minimum Gasteiger partial charge on any atom is -0.493 e. The van der Waals surface area contributed by atoms with Crippen LogP contribution < -0.4 is 9.47 Å². The normalized spacial score (nSPS) is 12.1. The molecule has 2 rings (SSSR count). The molecule has 0 N–H and O–H groups in total. The molecule has 0 saturated carbocycles. The van der Waals surface area contributed by atoms with Gasteiger partial charge >= 0.3 is 0 Å². The highest BCUT2D eigenvalue weighted by Crippen LogP contribution is 2.37. The monoisotopic (exact) mass is 398 g/mol. The smallest absolute Gasteiger partial charge is 0.161 e. The fourth-order valence-corrected chi connectivity index (χ4v) is 3.29. The van der Waals surface area contributed by atoms with Gasteiger partial charge in [0.05, 0.1) is 19.0 Å². The second-order valence-corrected chi connectivity index (χ2v) is 6.37. The van der Waals surface area contributed by atoms with E-state index in [2.05, 4.69) is 57.0 Å². The molecule has 0 heterocycles. The van der Waals surface area contributed by atoms with E-state index in [9.17, 15) is 0 Å². The number of alkyl halides is 1. The molecule has 0 spiro atoms. The van der Waals surface area contributed by atoms with E-state index < -0.39 is 0 Å². The van der Waals surface area contributed by atoms with Crippen LogP contribution in [0.15, 0.2) is 40.9 Å². The zero-order valence-electron chi connectivity index (χ0n) is 11.6. The van der Waals surface area contributed by atoms with Crippen molar-refractivity contribution < 1.29 is 9.47 Å². The average Bonchev–Trinajstić information content (AvgIpc) is 2.44. The van der Waals surface area contributed by atoms with E-state index in [1.54, 1.807) is 14.2 Å². The van der Waals surface area contributed by atoms with E-state index >= 15 is 0 Å². The molecular formula is C16H16Br2O2. The van der Waals surface area contributed by atoms with Gasteiger partial charge in [-0.05, 0) is 47.9 Å². The molecular weight excluding hydrogens is 384 g/mol. The largest absolute Gasteiger partial charge is 0.493 e. The number of benzene rings is 2. The Hall–Kier alpha value is -1.00. The molecule has 1 unspecified atom stereocenters. The van der Waals surface area contributed by atoms with Crippen LogP contribution in [0.4, 0.5) is 0 Å². The summed E-state index contributed by atoms with van der Waals surface area (Å²) in [4.78, 5) is 0.110. The summed E-state index contributed by atoms with van der Waals surface area (Å²) in [6.07, 6.45) is 0. The van der Waals surface area contributed by atoms with Gasteiger partial charge in [-0.2, -0.15) is 0 Å². The molecule has 0 aliphatic carbocycles. The topological polar surface area (TPSA) is 18.5 Å². The number of aryl methyl sites for hydroxylation is 1. The van der Waals surface area contributed by atoms with Gasteiger partial charge in [0, 0.05) is 4.47 Å². The summed E-state index contributed by atoms with van der Waals surface area (Å²) in [7, 11) is 3.29. The molecule has 0 aromatic heterocycles. The highest BCUT2D eigenvalue weighted by molar-refractivity contribution is 9.10. The molecule has 0 aliphatic rings. The minimum atomic E-state index is 0.110. The maximum Gasteiger partial charge on any atom is 0.161 e. The van der Waals surface area contributed by atoms with Gasteiger partial charge in [-0.3, -0.25) is 0 Å². The Morgan fingerprint density at radius 3 is 2.20 bits per heavy atom. The quantitative estimate of drug-likeness (QED) is 0.653. The number of methoxy groups -OCH3 is 2. The first kappa shape index (κ1) is 15.4. The third-order valence-corrected chi connectivity index (χ3v) is 4.57. The van der Waals surface area contributed by atoms with Crippen LogP contribution in [0.25, 0.3) is 0 Å². The zero-order valence-corrected chi connectivity index (χ0v) is 14.8. The summed E-state index contributed by atoms with van der Waals surface area (Å²) in [6, 6.07) is 12.3. The second-order valence-electron chi connectivity index (χ2n) is 4.54. The van der Waals surface area contributed by atoms with Crippen molar-refractivity contribution in [2.45, 2.75) is 11.8 Å². The lowest BCUT2D eigenvalue weighted by atomic mass is 10.0. The Bertz CT molecular complexity index is 591. The van der Waals surface area contributed by atoms with Crippen LogP contribution in [0.1, 0.15) is 21.5 Å². The highest BCUT2D eigenvalue weighted by Gasteiger charge is 2.14. The zero-order chi connectivity index (χ0) is 14.7. The van der Waals surface area contributed by atoms with Crippen LogP contribution in [0, 0.1) is 6.92 Å². The maximum absolute atomic E-state index is 5.36. The summed E-state index contributed by atoms with van der Waals surface area (Å²) in [6.45, 7) is 2.09. The summed E-state index contributed by atoms with van der Waals surface area (Å²) in [5, 5.41) is 0. The first-order valence-electron chi connectivity index (χ1n) is 6.18. The molecule has 2 nitrogen and oxygen atoms in total. The highest BCUT2D eigenvalue weighted by atomic mass is 79.9. The maximum atomic E-state index is 5.36. The summed E-state index contributed by atoms with van der Waals surface area (Å²) in [5.41, 5.74) is 3.54. The number of hydrogen-bond donors (Lipinski definition) is 0. The van der Waals surface area contributed by atoms with Gasteiger partial charge in [0.1, 0.15) is 0 Å². The van der Waals surface area contributed by atoms with Gasteiger partial charge in [-0.15, -0.1) is 0 Å². The van der Waals surface area contributed by atoms with Crippen molar-refractivity contribution in [1.82, 2.24) is 0 Å². The van der Waals surface area contributed by atoms with Crippen molar-refractivity contribution in [1.29, 1.82) is 0 Å². The van der Waals surface area contributed by atoms with E-state index in [0.29, 0.717) is 0 Å². The van der Waals surface area contributed by atoms with E-state index in [-0.39, 0.29) is 4.83 Å². The fraction of sp³-hybridized carbons (Fsp3) is 0.250. The van der Waals surface area contributed by atoms with Gasteiger partial charge in [0.2, 0.25) is 0 Å². The molecule has 0 bridgehead atoms. The molecule has 20 heavy (non-hydrogen) atoms. The van der Waals surface area contributed by atoms with Crippen molar-refractivity contribution in [3.8, 4) is 11.5 Å². The van der Waals surface area contributed by atoms with Crippen LogP contribution in [0.5, 0.6) is 11.5 Å². The first-order valence-corrected chi connectivity index (χ1v) is 7.89. The third-order valence-electron chi connectivity index (χ3n) is 3.06. The predicted octanol–water partition coefficient (Wildman–Crippen LogP) is 5.26. The molecule has 2 aromatic rings. The Morgan fingerprint density at radius 1 is 0.900 bits per heavy atom. The first-order chi connectivity index (χ1) is 9.55. The predicted molar refractivity (Wildman–Crippen MR) is 89.2 cm³/mol. The van der Waals surface area contributed by atoms with E-state index in [1.807, 2.05) is 18.2 Å². The molecule has 106 valence electrons. The Balaban J connectivity index is 2.39. The Kier molecular flexibility index (Phi) is 5.11. The molecule has 0 aliphatic heterocycles. The van der Waals surface area contributed by atoms with E-state index in [4.69, 9.17) is 9.47 Å². The van der Waals surface area contributed by atoms with Crippen molar-refractivity contribution in [2.24, 2.45) is 0 Å². The second kappa shape index (κ2) is 6.64. The fourth-order valence-electron chi connectivity index (χ4n) is 2.11. The summed E-state index contributed by atoms with van der Waals surface area (Å²) >= 11 is 7.29. The summed E-state index contributed by atoms with van der Waals surface area (Å²) < 4.78 is 11.7. The Labute approximate surface area is 136 Å². The van der Waals surface area contributed by atoms with Gasteiger partial charge in [-0.1, -0.05) is 44.0 Å². The molecule has 1 atom stereocenters. The van der Waals surface area contributed by atoms with E-state index in [1.165, 1.54) is 11.1 Å². The molecule has 0 saturated heterocycles. The molecule has 0 fully saturated rings. The molecule has 0 amide bonds. The van der Waals surface area contributed by atoms with E-state index in [0.717, 1.165) is 21.5 Å². The number of ether oxygens (including phenoxy) is 2. The van der Waals surface area contributed by atoms with Crippen LogP contribution in [-0.2, 0) is 0 Å². The van der Waals surface area contributed by atoms with Crippen LogP contribution in [0.3, 0.4) is 0 Å². The molecule has 0 radical (unpaired) electrons. The number of hydrogen-bond acceptors (Lipinski definition) is 2. The average molecular weight is 400 g/mol. The molecule has 2 aromatic carbocycles. The van der Waals surface area contributed by atoms with Crippen molar-refractivity contribution >= 4 is 31.9 Å². The van der Waals surface area contributed by atoms with Crippen LogP contribution >= 0.6 is 31.9 Å². The van der Waals surface area contributed by atoms with Gasteiger partial charge < -0.3 is 9.47 Å². The number of halogens is 2. The van der Waals surface area contributed by atoms with Crippen LogP contribution in [0.2, 0.25) is 0 Å². The SMILES string of the molecule is COc1ccc(C(Br)c2cc(C)cc(Br)c2)cc1OC. The van der Waals surface area contributed by atoms with Crippen molar-refractivity contribution in [3.63, 3.8) is 0 Å². The van der Waals surface area contributed by atoms with Gasteiger partial charge in [0.15, 0.2) is 11.5 Å². The molecule has 4 heteroatoms. The van der Waals surface area contributed by atoms with Crippen molar-refractivity contribution in [2.75, 3.05) is 14.2 Å². The lowest BCUT2D eigenvalue weighted by Crippen LogP contribution is -1.96. The summed E-state index contributed by atoms with van der Waals surface area (Å²) in [5.74, 6) is 1.47.